The van der Waals surface area contributed by atoms with Gasteiger partial charge in [-0.2, -0.15) is 0 Å². The maximum Gasteiger partial charge on any atom is 0.234 e. The summed E-state index contributed by atoms with van der Waals surface area (Å²) >= 11 is 0. The number of carbonyl (C=O) groups excluding carboxylic acids is 1. The van der Waals surface area contributed by atoms with E-state index in [-0.39, 0.29) is 11.9 Å². The van der Waals surface area contributed by atoms with Gasteiger partial charge in [0.15, 0.2) is 0 Å². The van der Waals surface area contributed by atoms with Crippen LogP contribution in [-0.4, -0.2) is 29.5 Å². The maximum atomic E-state index is 11.1. The van der Waals surface area contributed by atoms with Gasteiger partial charge in [-0.05, 0) is 14.0 Å². The molecular weight excluding hydrogens is 168 g/mol. The van der Waals surface area contributed by atoms with Crippen molar-refractivity contribution in [2.45, 2.75) is 13.0 Å². The van der Waals surface area contributed by atoms with Crippen molar-refractivity contribution in [3.05, 3.63) is 18.2 Å². The Balaban J connectivity index is 2.42. The summed E-state index contributed by atoms with van der Waals surface area (Å²) in [6.45, 7) is 2.21. The predicted molar refractivity (Wildman–Crippen MR) is 49.1 cm³/mol. The Kier molecular flexibility index (Phi) is 3.45. The molecule has 0 aliphatic heterocycles. The Morgan fingerprint density at radius 1 is 1.77 bits per heavy atom. The molecule has 0 saturated heterocycles. The van der Waals surface area contributed by atoms with Gasteiger partial charge < -0.3 is 15.6 Å². The van der Waals surface area contributed by atoms with Gasteiger partial charge in [-0.1, -0.05) is 0 Å². The number of carbonyl (C=O) groups is 1. The fourth-order valence-electron chi connectivity index (χ4n) is 1.04. The minimum Gasteiger partial charge on any atom is -0.347 e. The molecular formula is C8H14N4O. The Labute approximate surface area is 76.9 Å². The van der Waals surface area contributed by atoms with Gasteiger partial charge >= 0.3 is 0 Å². The Bertz CT molecular complexity index is 257. The minimum atomic E-state index is -0.0733. The molecule has 1 amide bonds. The molecule has 0 radical (unpaired) electrons. The van der Waals surface area contributed by atoms with Crippen molar-refractivity contribution in [1.82, 2.24) is 20.6 Å². The van der Waals surface area contributed by atoms with Gasteiger partial charge in [0, 0.05) is 12.4 Å². The zero-order valence-electron chi connectivity index (χ0n) is 7.79. The van der Waals surface area contributed by atoms with Crippen molar-refractivity contribution in [3.8, 4) is 0 Å². The molecule has 13 heavy (non-hydrogen) atoms. The summed E-state index contributed by atoms with van der Waals surface area (Å²) in [6, 6.07) is -0.0733. The van der Waals surface area contributed by atoms with E-state index >= 15 is 0 Å². The molecule has 0 saturated carbocycles. The number of aromatic nitrogens is 2. The first kappa shape index (κ1) is 9.73. The van der Waals surface area contributed by atoms with Gasteiger partial charge in [-0.3, -0.25) is 4.79 Å². The summed E-state index contributed by atoms with van der Waals surface area (Å²) in [4.78, 5) is 18.1. The fraction of sp³-hybridized carbons (Fsp3) is 0.500. The highest BCUT2D eigenvalue weighted by atomic mass is 16.1. The smallest absolute Gasteiger partial charge is 0.234 e. The molecule has 1 aromatic rings. The number of likely N-dealkylation sites (N-methyl/N-ethyl adjacent to an activating group) is 1. The van der Waals surface area contributed by atoms with E-state index in [9.17, 15) is 4.79 Å². The molecule has 1 atom stereocenters. The second kappa shape index (κ2) is 4.61. The average molecular weight is 182 g/mol. The summed E-state index contributed by atoms with van der Waals surface area (Å²) in [7, 11) is 1.73. The Morgan fingerprint density at radius 2 is 2.54 bits per heavy atom. The van der Waals surface area contributed by atoms with Crippen LogP contribution >= 0.6 is 0 Å². The number of aromatic amines is 1. The molecule has 1 unspecified atom stereocenters. The van der Waals surface area contributed by atoms with Crippen LogP contribution in [0.5, 0.6) is 0 Å². The van der Waals surface area contributed by atoms with E-state index in [2.05, 4.69) is 20.6 Å². The SMILES string of the molecule is CNCC(=O)NC(C)c1ncc[nH]1. The predicted octanol–water partition coefficient (Wildman–Crippen LogP) is -0.194. The van der Waals surface area contributed by atoms with Crippen LogP contribution in [0.3, 0.4) is 0 Å². The van der Waals surface area contributed by atoms with Gasteiger partial charge in [-0.15, -0.1) is 0 Å². The zero-order chi connectivity index (χ0) is 9.68. The first-order valence-corrected chi connectivity index (χ1v) is 4.17. The van der Waals surface area contributed by atoms with Crippen molar-refractivity contribution in [1.29, 1.82) is 0 Å². The van der Waals surface area contributed by atoms with Crippen molar-refractivity contribution >= 4 is 5.91 Å². The van der Waals surface area contributed by atoms with Crippen molar-refractivity contribution < 1.29 is 4.79 Å². The second-order valence-corrected chi connectivity index (χ2v) is 2.79. The molecule has 0 aromatic carbocycles. The van der Waals surface area contributed by atoms with E-state index in [4.69, 9.17) is 0 Å². The van der Waals surface area contributed by atoms with E-state index in [0.717, 1.165) is 5.82 Å². The summed E-state index contributed by atoms with van der Waals surface area (Å²) in [5.74, 6) is 0.732. The molecule has 1 rings (SSSR count). The van der Waals surface area contributed by atoms with Gasteiger partial charge in [-0.25, -0.2) is 4.98 Å². The normalized spacial score (nSPS) is 12.5. The molecule has 5 heteroatoms. The first-order valence-electron chi connectivity index (χ1n) is 4.17. The summed E-state index contributed by atoms with van der Waals surface area (Å²) in [5.41, 5.74) is 0. The van der Waals surface area contributed by atoms with E-state index in [1.165, 1.54) is 0 Å². The number of hydrogen-bond donors (Lipinski definition) is 3. The lowest BCUT2D eigenvalue weighted by molar-refractivity contribution is -0.120. The van der Waals surface area contributed by atoms with E-state index in [1.807, 2.05) is 6.92 Å². The molecule has 3 N–H and O–H groups in total. The van der Waals surface area contributed by atoms with E-state index < -0.39 is 0 Å². The van der Waals surface area contributed by atoms with E-state index in [0.29, 0.717) is 6.54 Å². The highest BCUT2D eigenvalue weighted by Gasteiger charge is 2.09. The lowest BCUT2D eigenvalue weighted by Gasteiger charge is -2.10. The van der Waals surface area contributed by atoms with E-state index in [1.54, 1.807) is 19.4 Å². The molecule has 0 bridgehead atoms. The van der Waals surface area contributed by atoms with Crippen LogP contribution in [0.2, 0.25) is 0 Å². The third-order valence-electron chi connectivity index (χ3n) is 1.64. The summed E-state index contributed by atoms with van der Waals surface area (Å²) < 4.78 is 0. The van der Waals surface area contributed by atoms with Crippen LogP contribution in [0.1, 0.15) is 18.8 Å². The van der Waals surface area contributed by atoms with Crippen LogP contribution in [-0.2, 0) is 4.79 Å². The molecule has 1 aromatic heterocycles. The van der Waals surface area contributed by atoms with Gasteiger partial charge in [0.2, 0.25) is 5.91 Å². The molecule has 0 aliphatic rings. The largest absolute Gasteiger partial charge is 0.347 e. The van der Waals surface area contributed by atoms with Gasteiger partial charge in [0.05, 0.1) is 12.6 Å². The number of H-pyrrole nitrogens is 1. The van der Waals surface area contributed by atoms with Crippen LogP contribution < -0.4 is 10.6 Å². The fourth-order valence-corrected chi connectivity index (χ4v) is 1.04. The lowest BCUT2D eigenvalue weighted by Crippen LogP contribution is -2.34. The van der Waals surface area contributed by atoms with Crippen LogP contribution in [0.15, 0.2) is 12.4 Å². The number of hydrogen-bond acceptors (Lipinski definition) is 3. The number of rotatable bonds is 4. The van der Waals surface area contributed by atoms with Crippen LogP contribution in [0, 0.1) is 0 Å². The third kappa shape index (κ3) is 2.87. The highest BCUT2D eigenvalue weighted by Crippen LogP contribution is 2.03. The lowest BCUT2D eigenvalue weighted by atomic mass is 10.3. The summed E-state index contributed by atoms with van der Waals surface area (Å²) in [5, 5.41) is 5.56. The Morgan fingerprint density at radius 3 is 3.08 bits per heavy atom. The second-order valence-electron chi connectivity index (χ2n) is 2.79. The quantitative estimate of drug-likeness (QED) is 0.604. The van der Waals surface area contributed by atoms with Crippen molar-refractivity contribution in [2.24, 2.45) is 0 Å². The standard InChI is InChI=1S/C8H14N4O/c1-6(8-10-3-4-11-8)12-7(13)5-9-2/h3-4,6,9H,5H2,1-2H3,(H,10,11)(H,12,13). The number of nitrogens with zero attached hydrogens (tertiary/aromatic N) is 1. The molecule has 72 valence electrons. The van der Waals surface area contributed by atoms with Gasteiger partial charge in [0.25, 0.3) is 0 Å². The van der Waals surface area contributed by atoms with Crippen molar-refractivity contribution in [2.75, 3.05) is 13.6 Å². The molecule has 0 aliphatic carbocycles. The highest BCUT2D eigenvalue weighted by molar-refractivity contribution is 5.78. The maximum absolute atomic E-state index is 11.1. The van der Waals surface area contributed by atoms with Crippen LogP contribution in [0.25, 0.3) is 0 Å². The molecule has 0 fully saturated rings. The molecule has 1 heterocycles. The monoisotopic (exact) mass is 182 g/mol. The first-order chi connectivity index (χ1) is 6.24. The number of amides is 1. The molecule has 5 nitrogen and oxygen atoms in total. The van der Waals surface area contributed by atoms with Gasteiger partial charge in [0.1, 0.15) is 5.82 Å². The average Bonchev–Trinajstić information content (AvgIpc) is 2.55. The zero-order valence-corrected chi connectivity index (χ0v) is 7.79. The summed E-state index contributed by atoms with van der Waals surface area (Å²) in [6.07, 6.45) is 3.39. The van der Waals surface area contributed by atoms with Crippen LogP contribution in [0.4, 0.5) is 0 Å². The minimum absolute atomic E-state index is 0.0357. The Hall–Kier alpha value is -1.36. The number of imidazole rings is 1. The third-order valence-corrected chi connectivity index (χ3v) is 1.64. The number of nitrogens with one attached hydrogen (secondary N) is 3. The molecule has 0 spiro atoms. The topological polar surface area (TPSA) is 69.8 Å². The van der Waals surface area contributed by atoms with Crippen molar-refractivity contribution in [3.63, 3.8) is 0 Å².